The maximum absolute atomic E-state index is 13.4. The maximum atomic E-state index is 13.4. The molecule has 1 aromatic heterocycles. The molecule has 1 aliphatic rings. The average Bonchev–Trinajstić information content (AvgIpc) is 3.03. The molecular weight excluding hydrogens is 420 g/mol. The number of amidine groups is 1. The Hall–Kier alpha value is -3.38. The minimum absolute atomic E-state index is 0.00761. The third-order valence-electron chi connectivity index (χ3n) is 3.85. The van der Waals surface area contributed by atoms with Crippen molar-refractivity contribution in [3.8, 4) is 17.2 Å². The molecular formula is C17H13F6N5O2. The average molecular weight is 433 g/mol. The third kappa shape index (κ3) is 4.60. The molecule has 0 saturated carbocycles. The molecule has 30 heavy (non-hydrogen) atoms. The molecule has 0 saturated heterocycles. The van der Waals surface area contributed by atoms with Crippen molar-refractivity contribution in [2.45, 2.75) is 25.4 Å². The van der Waals surface area contributed by atoms with E-state index < -0.39 is 29.8 Å². The lowest BCUT2D eigenvalue weighted by molar-refractivity contribution is -0.191. The summed E-state index contributed by atoms with van der Waals surface area (Å²) in [5.74, 6) is -1.41. The van der Waals surface area contributed by atoms with Gasteiger partial charge in [0.05, 0.1) is 12.1 Å². The molecule has 2 heterocycles. The van der Waals surface area contributed by atoms with Crippen LogP contribution in [0.3, 0.4) is 0 Å². The van der Waals surface area contributed by atoms with E-state index in [1.807, 2.05) is 0 Å². The first-order chi connectivity index (χ1) is 14.0. The van der Waals surface area contributed by atoms with Crippen LogP contribution in [0.25, 0.3) is 11.5 Å². The molecule has 0 spiro atoms. The third-order valence-corrected chi connectivity index (χ3v) is 3.85. The van der Waals surface area contributed by atoms with E-state index in [2.05, 4.69) is 24.9 Å². The van der Waals surface area contributed by atoms with Gasteiger partial charge in [0, 0.05) is 11.8 Å². The largest absolute Gasteiger partial charge is 0.481 e. The van der Waals surface area contributed by atoms with Crippen LogP contribution < -0.4 is 10.5 Å². The van der Waals surface area contributed by atoms with E-state index in [1.54, 1.807) is 6.08 Å². The quantitative estimate of drug-likeness (QED) is 0.741. The Balaban J connectivity index is 1.97. The summed E-state index contributed by atoms with van der Waals surface area (Å²) < 4.78 is 87.7. The SMILES string of the molecule is CC(Oc1ccc(-c2nc(C3=NC=CCN=C3N)no2)cc1C(F)(F)F)C(F)(F)F. The highest BCUT2D eigenvalue weighted by Gasteiger charge is 2.41. The van der Waals surface area contributed by atoms with Gasteiger partial charge in [-0.3, -0.25) is 4.99 Å². The highest BCUT2D eigenvalue weighted by molar-refractivity contribution is 6.46. The van der Waals surface area contributed by atoms with Gasteiger partial charge in [0.15, 0.2) is 11.8 Å². The molecule has 1 unspecified atom stereocenters. The molecule has 160 valence electrons. The number of nitrogens with zero attached hydrogens (tertiary/aromatic N) is 4. The second-order valence-corrected chi connectivity index (χ2v) is 6.02. The summed E-state index contributed by atoms with van der Waals surface area (Å²) in [5, 5.41) is 3.63. The van der Waals surface area contributed by atoms with E-state index in [0.29, 0.717) is 13.0 Å². The fraction of sp³-hybridized carbons (Fsp3) is 0.294. The number of nitrogens with two attached hydrogens (primary N) is 1. The van der Waals surface area contributed by atoms with Gasteiger partial charge in [-0.1, -0.05) is 5.16 Å². The number of hydrogen-bond donors (Lipinski definition) is 1. The predicted molar refractivity (Wildman–Crippen MR) is 93.0 cm³/mol. The van der Waals surface area contributed by atoms with E-state index in [9.17, 15) is 26.3 Å². The van der Waals surface area contributed by atoms with E-state index in [4.69, 9.17) is 10.3 Å². The lowest BCUT2D eigenvalue weighted by Crippen LogP contribution is -2.31. The van der Waals surface area contributed by atoms with Crippen molar-refractivity contribution in [1.82, 2.24) is 10.1 Å². The molecule has 0 bridgehead atoms. The summed E-state index contributed by atoms with van der Waals surface area (Å²) in [6, 6.07) is 2.38. The summed E-state index contributed by atoms with van der Waals surface area (Å²) in [7, 11) is 0. The van der Waals surface area contributed by atoms with E-state index in [-0.39, 0.29) is 35.4 Å². The van der Waals surface area contributed by atoms with Gasteiger partial charge >= 0.3 is 12.4 Å². The first-order valence-corrected chi connectivity index (χ1v) is 8.29. The molecule has 2 N–H and O–H groups in total. The molecule has 13 heteroatoms. The van der Waals surface area contributed by atoms with Crippen LogP contribution in [0.5, 0.6) is 5.75 Å². The second kappa shape index (κ2) is 7.80. The molecule has 0 aliphatic carbocycles. The summed E-state index contributed by atoms with van der Waals surface area (Å²) in [5.41, 5.74) is 4.19. The number of rotatable bonds is 4. The van der Waals surface area contributed by atoms with Crippen LogP contribution in [0.4, 0.5) is 26.3 Å². The van der Waals surface area contributed by atoms with Crippen LogP contribution in [0.15, 0.2) is 45.0 Å². The van der Waals surface area contributed by atoms with Crippen molar-refractivity contribution >= 4 is 11.5 Å². The number of hydrogen-bond acceptors (Lipinski definition) is 7. The highest BCUT2D eigenvalue weighted by Crippen LogP contribution is 2.40. The van der Waals surface area contributed by atoms with Crippen LogP contribution >= 0.6 is 0 Å². The smallest absolute Gasteiger partial charge is 0.425 e. The molecule has 0 amide bonds. The minimum Gasteiger partial charge on any atom is -0.481 e. The van der Waals surface area contributed by atoms with Crippen LogP contribution in [0, 0.1) is 0 Å². The fourth-order valence-electron chi connectivity index (χ4n) is 2.32. The van der Waals surface area contributed by atoms with E-state index in [1.165, 1.54) is 6.20 Å². The lowest BCUT2D eigenvalue weighted by Gasteiger charge is -2.20. The predicted octanol–water partition coefficient (Wildman–Crippen LogP) is 3.76. The lowest BCUT2D eigenvalue weighted by atomic mass is 10.1. The van der Waals surface area contributed by atoms with Gasteiger partial charge in [0.25, 0.3) is 5.89 Å². The Bertz CT molecular complexity index is 1020. The molecule has 1 atom stereocenters. The van der Waals surface area contributed by atoms with Crippen LogP contribution in [-0.2, 0) is 6.18 Å². The van der Waals surface area contributed by atoms with Crippen molar-refractivity contribution in [1.29, 1.82) is 0 Å². The van der Waals surface area contributed by atoms with E-state index >= 15 is 0 Å². The standard InChI is InChI=1S/C17H13F6N5O2/c1-8(16(18,19)20)29-11-4-3-9(7-10(11)17(21,22)23)15-27-14(28-30-15)12-13(24)26-6-2-5-25-12/h2-5,7-8H,6H2,1H3,(H2,24,26). The van der Waals surface area contributed by atoms with Crippen molar-refractivity contribution in [3.63, 3.8) is 0 Å². The molecule has 7 nitrogen and oxygen atoms in total. The first kappa shape index (κ1) is 21.3. The number of aromatic nitrogens is 2. The number of alkyl halides is 6. The Morgan fingerprint density at radius 1 is 1.17 bits per heavy atom. The summed E-state index contributed by atoms with van der Waals surface area (Å²) in [6.07, 6.45) is -9.25. The van der Waals surface area contributed by atoms with Crippen molar-refractivity contribution < 1.29 is 35.6 Å². The summed E-state index contributed by atoms with van der Waals surface area (Å²) in [6.45, 7) is 0.877. The number of ether oxygens (including phenoxy) is 1. The zero-order valence-corrected chi connectivity index (χ0v) is 15.1. The molecule has 3 rings (SSSR count). The molecule has 1 aromatic carbocycles. The molecule has 0 radical (unpaired) electrons. The fourth-order valence-corrected chi connectivity index (χ4v) is 2.32. The van der Waals surface area contributed by atoms with Crippen LogP contribution in [0.1, 0.15) is 18.3 Å². The zero-order chi connectivity index (χ0) is 22.1. The van der Waals surface area contributed by atoms with Crippen molar-refractivity contribution in [2.24, 2.45) is 15.7 Å². The Morgan fingerprint density at radius 2 is 1.90 bits per heavy atom. The van der Waals surface area contributed by atoms with Gasteiger partial charge < -0.3 is 15.0 Å². The van der Waals surface area contributed by atoms with E-state index in [0.717, 1.165) is 12.1 Å². The number of benzene rings is 1. The zero-order valence-electron chi connectivity index (χ0n) is 15.1. The topological polar surface area (TPSA) is 98.9 Å². The van der Waals surface area contributed by atoms with Crippen LogP contribution in [-0.4, -0.2) is 40.5 Å². The number of aliphatic imine (C=N–C) groups is 2. The van der Waals surface area contributed by atoms with Crippen molar-refractivity contribution in [2.75, 3.05) is 6.54 Å². The Morgan fingerprint density at radius 3 is 2.57 bits per heavy atom. The van der Waals surface area contributed by atoms with Gasteiger partial charge in [-0.25, -0.2) is 4.99 Å². The first-order valence-electron chi connectivity index (χ1n) is 8.29. The Kier molecular flexibility index (Phi) is 5.55. The van der Waals surface area contributed by atoms with Gasteiger partial charge in [0.2, 0.25) is 5.82 Å². The summed E-state index contributed by atoms with van der Waals surface area (Å²) in [4.78, 5) is 11.9. The van der Waals surface area contributed by atoms with Gasteiger partial charge in [-0.05, 0) is 31.2 Å². The monoisotopic (exact) mass is 433 g/mol. The summed E-state index contributed by atoms with van der Waals surface area (Å²) >= 11 is 0. The minimum atomic E-state index is -4.99. The normalized spacial score (nSPS) is 16.0. The second-order valence-electron chi connectivity index (χ2n) is 6.02. The maximum Gasteiger partial charge on any atom is 0.425 e. The molecule has 0 fully saturated rings. The van der Waals surface area contributed by atoms with Gasteiger partial charge in [0.1, 0.15) is 11.6 Å². The van der Waals surface area contributed by atoms with Crippen molar-refractivity contribution in [3.05, 3.63) is 41.9 Å². The number of halogens is 6. The highest BCUT2D eigenvalue weighted by atomic mass is 19.4. The van der Waals surface area contributed by atoms with Gasteiger partial charge in [-0.15, -0.1) is 0 Å². The van der Waals surface area contributed by atoms with Gasteiger partial charge in [-0.2, -0.15) is 31.3 Å². The molecule has 2 aromatic rings. The Labute approximate surface area is 164 Å². The van der Waals surface area contributed by atoms with Crippen LogP contribution in [0.2, 0.25) is 0 Å². The molecule has 1 aliphatic heterocycles.